The molecule has 0 radical (unpaired) electrons. The first-order valence-electron chi connectivity index (χ1n) is 8.43. The number of amides is 1. The van der Waals surface area contributed by atoms with Crippen molar-refractivity contribution in [3.05, 3.63) is 59.9 Å². The number of piperazine rings is 1. The molecule has 1 aromatic heterocycles. The summed E-state index contributed by atoms with van der Waals surface area (Å²) in [4.78, 5) is 19.1. The van der Waals surface area contributed by atoms with Gasteiger partial charge in [0.25, 0.3) is 5.91 Å². The fourth-order valence-corrected chi connectivity index (χ4v) is 2.92. The minimum Gasteiger partial charge on any atom is -0.491 e. The number of rotatable bonds is 6. The van der Waals surface area contributed by atoms with E-state index < -0.39 is 0 Å². The molecule has 2 heterocycles. The fraction of sp³-hybridized carbons (Fsp3) is 0.368. The summed E-state index contributed by atoms with van der Waals surface area (Å²) < 4.78 is 10.5. The zero-order valence-corrected chi connectivity index (χ0v) is 14.4. The molecule has 0 saturated carbocycles. The van der Waals surface area contributed by atoms with Gasteiger partial charge in [0, 0.05) is 44.7 Å². The van der Waals surface area contributed by atoms with Gasteiger partial charge in [-0.25, -0.2) is 0 Å². The summed E-state index contributed by atoms with van der Waals surface area (Å²) in [6, 6.07) is 11.2. The highest BCUT2D eigenvalue weighted by Crippen LogP contribution is 2.24. The molecule has 2 aromatic rings. The summed E-state index contributed by atoms with van der Waals surface area (Å²) in [5, 5.41) is 3.35. The van der Waals surface area contributed by atoms with Crippen LogP contribution < -0.4 is 10.1 Å². The number of aromatic nitrogens is 1. The first-order chi connectivity index (χ1) is 12.3. The number of ether oxygens (including phenoxy) is 2. The van der Waals surface area contributed by atoms with Crippen LogP contribution in [0, 0.1) is 0 Å². The number of nitrogens with zero attached hydrogens (tertiary/aromatic N) is 2. The molecule has 1 amide bonds. The molecule has 0 bridgehead atoms. The van der Waals surface area contributed by atoms with Gasteiger partial charge in [-0.1, -0.05) is 6.07 Å². The lowest BCUT2D eigenvalue weighted by atomic mass is 10.0. The van der Waals surface area contributed by atoms with E-state index in [9.17, 15) is 4.79 Å². The molecule has 0 spiro atoms. The first-order valence-corrected chi connectivity index (χ1v) is 8.43. The van der Waals surface area contributed by atoms with Gasteiger partial charge < -0.3 is 19.7 Å². The maximum absolute atomic E-state index is 13.0. The molecule has 25 heavy (non-hydrogen) atoms. The molecule has 1 N–H and O–H groups in total. The summed E-state index contributed by atoms with van der Waals surface area (Å²) >= 11 is 0. The fourth-order valence-electron chi connectivity index (χ4n) is 2.92. The molecule has 1 atom stereocenters. The van der Waals surface area contributed by atoms with E-state index in [1.807, 2.05) is 47.5 Å². The van der Waals surface area contributed by atoms with Crippen LogP contribution in [0.2, 0.25) is 0 Å². The normalized spacial score (nSPS) is 17.3. The standard InChI is InChI=1S/C19H23N3O3/c1-24-11-12-25-17-6-4-15(5-7-17)19(23)22-10-9-21-14-18(22)16-3-2-8-20-13-16/h2-8,13,18,21H,9-12,14H2,1H3. The predicted octanol–water partition coefficient (Wildman–Crippen LogP) is 1.89. The smallest absolute Gasteiger partial charge is 0.254 e. The Kier molecular flexibility index (Phi) is 5.98. The summed E-state index contributed by atoms with van der Waals surface area (Å²) in [5.41, 5.74) is 1.71. The SMILES string of the molecule is COCCOc1ccc(C(=O)N2CCNCC2c2cccnc2)cc1. The predicted molar refractivity (Wildman–Crippen MR) is 94.7 cm³/mol. The first kappa shape index (κ1) is 17.4. The van der Waals surface area contributed by atoms with Gasteiger partial charge in [0.1, 0.15) is 12.4 Å². The van der Waals surface area contributed by atoms with Crippen LogP contribution in [0.15, 0.2) is 48.8 Å². The molecule has 1 fully saturated rings. The Morgan fingerprint density at radius 2 is 2.12 bits per heavy atom. The second-order valence-electron chi connectivity index (χ2n) is 5.87. The molecule has 1 unspecified atom stereocenters. The van der Waals surface area contributed by atoms with Crippen molar-refractivity contribution in [2.24, 2.45) is 0 Å². The molecule has 0 aliphatic carbocycles. The zero-order valence-electron chi connectivity index (χ0n) is 14.4. The van der Waals surface area contributed by atoms with E-state index >= 15 is 0 Å². The van der Waals surface area contributed by atoms with Crippen molar-refractivity contribution < 1.29 is 14.3 Å². The van der Waals surface area contributed by atoms with Crippen LogP contribution in [0.5, 0.6) is 5.75 Å². The number of methoxy groups -OCH3 is 1. The molecule has 1 aromatic carbocycles. The monoisotopic (exact) mass is 341 g/mol. The van der Waals surface area contributed by atoms with E-state index in [1.165, 1.54) is 0 Å². The van der Waals surface area contributed by atoms with Gasteiger partial charge in [0.2, 0.25) is 0 Å². The van der Waals surface area contributed by atoms with E-state index in [2.05, 4.69) is 10.3 Å². The molecule has 1 aliphatic heterocycles. The molecule has 6 heteroatoms. The Balaban J connectivity index is 1.72. The van der Waals surface area contributed by atoms with E-state index in [-0.39, 0.29) is 11.9 Å². The Hall–Kier alpha value is -2.44. The van der Waals surface area contributed by atoms with Crippen LogP contribution >= 0.6 is 0 Å². The summed E-state index contributed by atoms with van der Waals surface area (Å²) in [7, 11) is 1.64. The Morgan fingerprint density at radius 3 is 2.84 bits per heavy atom. The molecule has 3 rings (SSSR count). The highest BCUT2D eigenvalue weighted by atomic mass is 16.5. The van der Waals surface area contributed by atoms with E-state index in [1.54, 1.807) is 13.3 Å². The lowest BCUT2D eigenvalue weighted by molar-refractivity contribution is 0.0634. The average molecular weight is 341 g/mol. The summed E-state index contributed by atoms with van der Waals surface area (Å²) in [6.07, 6.45) is 3.57. The third-order valence-electron chi connectivity index (χ3n) is 4.23. The largest absolute Gasteiger partial charge is 0.491 e. The van der Waals surface area contributed by atoms with Crippen molar-refractivity contribution in [2.75, 3.05) is 40.0 Å². The number of hydrogen-bond acceptors (Lipinski definition) is 5. The quantitative estimate of drug-likeness (QED) is 0.813. The van der Waals surface area contributed by atoms with Crippen molar-refractivity contribution in [3.8, 4) is 5.75 Å². The molecule has 6 nitrogen and oxygen atoms in total. The van der Waals surface area contributed by atoms with Crippen LogP contribution in [0.3, 0.4) is 0 Å². The molecule has 1 saturated heterocycles. The van der Waals surface area contributed by atoms with E-state index in [0.717, 1.165) is 24.4 Å². The molecule has 1 aliphatic rings. The molecule has 132 valence electrons. The van der Waals surface area contributed by atoms with Crippen molar-refractivity contribution in [1.82, 2.24) is 15.2 Å². The van der Waals surface area contributed by atoms with E-state index in [0.29, 0.717) is 25.3 Å². The zero-order chi connectivity index (χ0) is 17.5. The third kappa shape index (κ3) is 4.35. The van der Waals surface area contributed by atoms with Gasteiger partial charge in [0.15, 0.2) is 0 Å². The van der Waals surface area contributed by atoms with Gasteiger partial charge in [0.05, 0.1) is 12.6 Å². The lowest BCUT2D eigenvalue weighted by Gasteiger charge is -2.36. The van der Waals surface area contributed by atoms with Gasteiger partial charge in [-0.15, -0.1) is 0 Å². The molecular weight excluding hydrogens is 318 g/mol. The Bertz CT molecular complexity index is 676. The van der Waals surface area contributed by atoms with Crippen molar-refractivity contribution in [2.45, 2.75) is 6.04 Å². The maximum atomic E-state index is 13.0. The topological polar surface area (TPSA) is 63.7 Å². The summed E-state index contributed by atoms with van der Waals surface area (Å²) in [6.45, 7) is 3.22. The van der Waals surface area contributed by atoms with Crippen LogP contribution in [0.25, 0.3) is 0 Å². The van der Waals surface area contributed by atoms with Gasteiger partial charge >= 0.3 is 0 Å². The minimum absolute atomic E-state index is 0.00687. The number of hydrogen-bond donors (Lipinski definition) is 1. The number of carbonyl (C=O) groups excluding carboxylic acids is 1. The second kappa shape index (κ2) is 8.60. The maximum Gasteiger partial charge on any atom is 0.254 e. The van der Waals surface area contributed by atoms with Crippen molar-refractivity contribution in [3.63, 3.8) is 0 Å². The number of benzene rings is 1. The number of pyridine rings is 1. The van der Waals surface area contributed by atoms with Gasteiger partial charge in [-0.2, -0.15) is 0 Å². The van der Waals surface area contributed by atoms with Crippen molar-refractivity contribution in [1.29, 1.82) is 0 Å². The van der Waals surface area contributed by atoms with Crippen LogP contribution in [0.1, 0.15) is 22.0 Å². The Morgan fingerprint density at radius 1 is 1.28 bits per heavy atom. The summed E-state index contributed by atoms with van der Waals surface area (Å²) in [5.74, 6) is 0.761. The Labute approximate surface area is 147 Å². The average Bonchev–Trinajstić information content (AvgIpc) is 2.69. The molecular formula is C19H23N3O3. The second-order valence-corrected chi connectivity index (χ2v) is 5.87. The number of nitrogens with one attached hydrogen (secondary N) is 1. The van der Waals surface area contributed by atoms with Gasteiger partial charge in [-0.3, -0.25) is 9.78 Å². The van der Waals surface area contributed by atoms with Crippen molar-refractivity contribution >= 4 is 5.91 Å². The van der Waals surface area contributed by atoms with Crippen LogP contribution in [-0.2, 0) is 4.74 Å². The minimum atomic E-state index is -0.00687. The van der Waals surface area contributed by atoms with Crippen LogP contribution in [-0.4, -0.2) is 55.7 Å². The van der Waals surface area contributed by atoms with Crippen LogP contribution in [0.4, 0.5) is 0 Å². The van der Waals surface area contributed by atoms with Gasteiger partial charge in [-0.05, 0) is 35.9 Å². The third-order valence-corrected chi connectivity index (χ3v) is 4.23. The van der Waals surface area contributed by atoms with E-state index in [4.69, 9.17) is 9.47 Å². The lowest BCUT2D eigenvalue weighted by Crippen LogP contribution is -2.48. The highest BCUT2D eigenvalue weighted by molar-refractivity contribution is 5.94. The highest BCUT2D eigenvalue weighted by Gasteiger charge is 2.28. The number of carbonyl (C=O) groups is 1.